The molecule has 9 heteroatoms. The van der Waals surface area contributed by atoms with Crippen molar-refractivity contribution in [2.45, 2.75) is 68.7 Å². The minimum atomic E-state index is -3.75. The molecule has 2 aromatic heterocycles. The van der Waals surface area contributed by atoms with Crippen LogP contribution in [0.3, 0.4) is 0 Å². The summed E-state index contributed by atoms with van der Waals surface area (Å²) in [5.41, 5.74) is 2.06. The van der Waals surface area contributed by atoms with Crippen LogP contribution in [0.25, 0.3) is 11.0 Å². The lowest BCUT2D eigenvalue weighted by atomic mass is 9.94. The van der Waals surface area contributed by atoms with Gasteiger partial charge in [-0.3, -0.25) is 9.78 Å². The summed E-state index contributed by atoms with van der Waals surface area (Å²) in [5.74, 6) is 1.34. The van der Waals surface area contributed by atoms with Gasteiger partial charge >= 0.3 is 0 Å². The Kier molecular flexibility index (Phi) is 7.28. The van der Waals surface area contributed by atoms with Gasteiger partial charge in [0, 0.05) is 57.0 Å². The molecule has 4 rings (SSSR count). The molecule has 1 amide bonds. The van der Waals surface area contributed by atoms with E-state index in [4.69, 9.17) is 9.72 Å². The quantitative estimate of drug-likeness (QED) is 0.533. The monoisotopic (exact) mass is 498 g/mol. The standard InChI is InChI=1S/C26H34N4O4S/c1-18(31)27-11-7-20-15-22(8-12-28-20)35(32,33)21-5-6-24-23(16-21)29-25(26(2,3)4)30(24)17-19-9-13-34-14-10-19/h5-6,8,12,15-16,19H,7,9-11,13-14,17H2,1-4H3,(H,27,31). The molecule has 3 aromatic rings. The van der Waals surface area contributed by atoms with Gasteiger partial charge < -0.3 is 14.6 Å². The molecule has 0 atom stereocenters. The first kappa shape index (κ1) is 25.3. The van der Waals surface area contributed by atoms with E-state index in [0.29, 0.717) is 30.1 Å². The maximum Gasteiger partial charge on any atom is 0.216 e. The molecule has 188 valence electrons. The van der Waals surface area contributed by atoms with Gasteiger partial charge in [-0.15, -0.1) is 0 Å². The van der Waals surface area contributed by atoms with Gasteiger partial charge in [-0.2, -0.15) is 0 Å². The summed E-state index contributed by atoms with van der Waals surface area (Å²) in [7, 11) is -3.75. The van der Waals surface area contributed by atoms with Gasteiger partial charge in [-0.25, -0.2) is 13.4 Å². The van der Waals surface area contributed by atoms with Crippen LogP contribution < -0.4 is 5.32 Å². The van der Waals surface area contributed by atoms with Crippen LogP contribution >= 0.6 is 0 Å². The number of imidazole rings is 1. The SMILES string of the molecule is CC(=O)NCCc1cc(S(=O)(=O)c2ccc3c(c2)nc(C(C)(C)C)n3CC2CCOCC2)ccn1. The van der Waals surface area contributed by atoms with Crippen molar-refractivity contribution in [3.8, 4) is 0 Å². The smallest absolute Gasteiger partial charge is 0.216 e. The first-order valence-electron chi connectivity index (χ1n) is 12.1. The molecule has 0 bridgehead atoms. The average molecular weight is 499 g/mol. The molecular weight excluding hydrogens is 464 g/mol. The fourth-order valence-electron chi connectivity index (χ4n) is 4.48. The molecule has 1 aromatic carbocycles. The molecule has 35 heavy (non-hydrogen) atoms. The number of amides is 1. The zero-order valence-electron chi connectivity index (χ0n) is 20.9. The summed E-state index contributed by atoms with van der Waals surface area (Å²) in [4.78, 5) is 20.7. The second-order valence-corrected chi connectivity index (χ2v) is 12.2. The second kappa shape index (κ2) is 10.1. The number of nitrogens with zero attached hydrogens (tertiary/aromatic N) is 3. The van der Waals surface area contributed by atoms with Gasteiger partial charge in [0.2, 0.25) is 15.7 Å². The molecule has 0 spiro atoms. The average Bonchev–Trinajstić information content (AvgIpc) is 3.18. The third-order valence-electron chi connectivity index (χ3n) is 6.34. The number of rotatable bonds is 7. The number of carbonyl (C=O) groups excluding carboxylic acids is 1. The lowest BCUT2D eigenvalue weighted by Crippen LogP contribution is -2.25. The van der Waals surface area contributed by atoms with Crippen molar-refractivity contribution in [2.75, 3.05) is 19.8 Å². The van der Waals surface area contributed by atoms with E-state index in [9.17, 15) is 13.2 Å². The van der Waals surface area contributed by atoms with Gasteiger partial charge in [0.05, 0.1) is 20.8 Å². The molecule has 1 saturated heterocycles. The normalized spacial score (nSPS) is 15.4. The van der Waals surface area contributed by atoms with Gasteiger partial charge in [0.15, 0.2) is 0 Å². The highest BCUT2D eigenvalue weighted by molar-refractivity contribution is 7.91. The third kappa shape index (κ3) is 5.73. The molecule has 1 aliphatic rings. The maximum atomic E-state index is 13.5. The van der Waals surface area contributed by atoms with Crippen molar-refractivity contribution in [1.29, 1.82) is 0 Å². The Morgan fingerprint density at radius 3 is 2.54 bits per heavy atom. The van der Waals surface area contributed by atoms with Crippen molar-refractivity contribution < 1.29 is 17.9 Å². The Morgan fingerprint density at radius 2 is 1.86 bits per heavy atom. The summed E-state index contributed by atoms with van der Waals surface area (Å²) in [6, 6.07) is 8.31. The van der Waals surface area contributed by atoms with E-state index in [1.807, 2.05) is 6.07 Å². The van der Waals surface area contributed by atoms with Gasteiger partial charge in [-0.1, -0.05) is 20.8 Å². The molecule has 3 heterocycles. The van der Waals surface area contributed by atoms with Crippen LogP contribution in [-0.4, -0.2) is 48.6 Å². The van der Waals surface area contributed by atoms with E-state index < -0.39 is 9.84 Å². The van der Waals surface area contributed by atoms with Crippen LogP contribution in [0.15, 0.2) is 46.3 Å². The number of hydrogen-bond acceptors (Lipinski definition) is 6. The topological polar surface area (TPSA) is 103 Å². The highest BCUT2D eigenvalue weighted by atomic mass is 32.2. The fraction of sp³-hybridized carbons (Fsp3) is 0.500. The van der Waals surface area contributed by atoms with Crippen LogP contribution in [0.2, 0.25) is 0 Å². The molecule has 1 fully saturated rings. The first-order chi connectivity index (χ1) is 16.6. The Bertz CT molecular complexity index is 1320. The van der Waals surface area contributed by atoms with Gasteiger partial charge in [0.1, 0.15) is 5.82 Å². The molecule has 0 radical (unpaired) electrons. The van der Waals surface area contributed by atoms with E-state index in [1.54, 1.807) is 18.2 Å². The highest BCUT2D eigenvalue weighted by Gasteiger charge is 2.27. The highest BCUT2D eigenvalue weighted by Crippen LogP contribution is 2.31. The van der Waals surface area contributed by atoms with Crippen molar-refractivity contribution in [1.82, 2.24) is 19.9 Å². The van der Waals surface area contributed by atoms with Crippen molar-refractivity contribution in [2.24, 2.45) is 5.92 Å². The predicted molar refractivity (Wildman–Crippen MR) is 134 cm³/mol. The van der Waals surface area contributed by atoms with Crippen LogP contribution in [-0.2, 0) is 37.7 Å². The molecule has 1 N–H and O–H groups in total. The number of nitrogens with one attached hydrogen (secondary N) is 1. The number of ether oxygens (including phenoxy) is 1. The van der Waals surface area contributed by atoms with Crippen molar-refractivity contribution >= 4 is 26.8 Å². The summed E-state index contributed by atoms with van der Waals surface area (Å²) >= 11 is 0. The van der Waals surface area contributed by atoms with E-state index >= 15 is 0 Å². The number of hydrogen-bond donors (Lipinski definition) is 1. The molecular formula is C26H34N4O4S. The Labute approximate surface area is 207 Å². The number of pyridine rings is 1. The van der Waals surface area contributed by atoms with Gasteiger partial charge in [0.25, 0.3) is 0 Å². The van der Waals surface area contributed by atoms with E-state index in [1.165, 1.54) is 19.2 Å². The van der Waals surface area contributed by atoms with Crippen LogP contribution in [0, 0.1) is 5.92 Å². The minimum Gasteiger partial charge on any atom is -0.381 e. The predicted octanol–water partition coefficient (Wildman–Crippen LogP) is 3.67. The zero-order chi connectivity index (χ0) is 25.2. The summed E-state index contributed by atoms with van der Waals surface area (Å²) < 4.78 is 34.7. The Morgan fingerprint density at radius 1 is 1.14 bits per heavy atom. The van der Waals surface area contributed by atoms with Crippen LogP contribution in [0.1, 0.15) is 52.1 Å². The Hall–Kier alpha value is -2.78. The second-order valence-electron chi connectivity index (χ2n) is 10.2. The zero-order valence-corrected chi connectivity index (χ0v) is 21.7. The minimum absolute atomic E-state index is 0.132. The van der Waals surface area contributed by atoms with Crippen LogP contribution in [0.5, 0.6) is 0 Å². The number of benzene rings is 1. The van der Waals surface area contributed by atoms with E-state index in [0.717, 1.165) is 43.9 Å². The summed E-state index contributed by atoms with van der Waals surface area (Å²) in [6.45, 7) is 10.6. The molecule has 1 aliphatic heterocycles. The van der Waals surface area contributed by atoms with Crippen molar-refractivity contribution in [3.63, 3.8) is 0 Å². The number of sulfone groups is 1. The molecule has 0 unspecified atom stereocenters. The molecule has 0 aliphatic carbocycles. The van der Waals surface area contributed by atoms with E-state index in [-0.39, 0.29) is 21.1 Å². The summed E-state index contributed by atoms with van der Waals surface area (Å²) in [5, 5.41) is 2.71. The number of fused-ring (bicyclic) bond motifs is 1. The third-order valence-corrected chi connectivity index (χ3v) is 8.08. The fourth-order valence-corrected chi connectivity index (χ4v) is 5.80. The van der Waals surface area contributed by atoms with Crippen molar-refractivity contribution in [3.05, 3.63) is 48.0 Å². The largest absolute Gasteiger partial charge is 0.381 e. The molecule has 0 saturated carbocycles. The maximum absolute atomic E-state index is 13.5. The molecule has 8 nitrogen and oxygen atoms in total. The van der Waals surface area contributed by atoms with Crippen LogP contribution in [0.4, 0.5) is 0 Å². The Balaban J connectivity index is 1.68. The van der Waals surface area contributed by atoms with Gasteiger partial charge in [-0.05, 0) is 49.1 Å². The van der Waals surface area contributed by atoms with E-state index in [2.05, 4.69) is 35.6 Å². The lowest BCUT2D eigenvalue weighted by Gasteiger charge is -2.26. The number of aromatic nitrogens is 3. The lowest BCUT2D eigenvalue weighted by molar-refractivity contribution is -0.118. The number of carbonyl (C=O) groups is 1. The first-order valence-corrected chi connectivity index (χ1v) is 13.6. The summed E-state index contributed by atoms with van der Waals surface area (Å²) in [6.07, 6.45) is 3.98.